The molecule has 0 aromatic carbocycles. The summed E-state index contributed by atoms with van der Waals surface area (Å²) in [7, 11) is 1.75. The first-order valence-corrected chi connectivity index (χ1v) is 7.73. The average Bonchev–Trinajstić information content (AvgIpc) is 2.89. The Labute approximate surface area is 125 Å². The highest BCUT2D eigenvalue weighted by molar-refractivity contribution is 5.79. The van der Waals surface area contributed by atoms with Crippen molar-refractivity contribution in [2.24, 2.45) is 11.3 Å². The van der Waals surface area contributed by atoms with Crippen LogP contribution in [0.5, 0.6) is 0 Å². The summed E-state index contributed by atoms with van der Waals surface area (Å²) in [5.41, 5.74) is -0.798. The van der Waals surface area contributed by atoms with Gasteiger partial charge in [-0.3, -0.25) is 4.79 Å². The molecule has 1 saturated carbocycles. The predicted molar refractivity (Wildman–Crippen MR) is 78.1 cm³/mol. The summed E-state index contributed by atoms with van der Waals surface area (Å²) in [6, 6.07) is -0.131. The number of nitrogens with zero attached hydrogens (tertiary/aromatic N) is 1. The van der Waals surface area contributed by atoms with Gasteiger partial charge in [0, 0.05) is 26.7 Å². The zero-order valence-electron chi connectivity index (χ0n) is 12.9. The Kier molecular flexibility index (Phi) is 5.08. The first kappa shape index (κ1) is 16.1. The number of rotatable bonds is 4. The second kappa shape index (κ2) is 6.64. The molecule has 0 radical (unpaired) electrons. The number of hydrogen-bond donors (Lipinski definition) is 2. The van der Waals surface area contributed by atoms with Gasteiger partial charge in [0.15, 0.2) is 0 Å². The number of nitrogens with one attached hydrogen (secondary N) is 1. The molecule has 2 fully saturated rings. The third kappa shape index (κ3) is 3.87. The minimum absolute atomic E-state index is 0.131. The summed E-state index contributed by atoms with van der Waals surface area (Å²) in [4.78, 5) is 24.9. The molecule has 1 atom stereocenters. The van der Waals surface area contributed by atoms with Crippen molar-refractivity contribution < 1.29 is 19.4 Å². The number of hydrogen-bond acceptors (Lipinski definition) is 3. The number of amides is 2. The highest BCUT2D eigenvalue weighted by Gasteiger charge is 2.42. The number of carbonyl (C=O) groups excluding carboxylic acids is 1. The van der Waals surface area contributed by atoms with Crippen LogP contribution in [0.25, 0.3) is 0 Å². The largest absolute Gasteiger partial charge is 0.481 e. The molecule has 120 valence electrons. The van der Waals surface area contributed by atoms with E-state index in [0.717, 1.165) is 25.7 Å². The Morgan fingerprint density at radius 2 is 2.00 bits per heavy atom. The van der Waals surface area contributed by atoms with E-state index in [1.54, 1.807) is 18.9 Å². The first-order chi connectivity index (χ1) is 9.94. The maximum Gasteiger partial charge on any atom is 0.317 e. The van der Waals surface area contributed by atoms with E-state index in [-0.39, 0.29) is 6.03 Å². The molecule has 1 heterocycles. The number of ether oxygens (including phenoxy) is 1. The van der Waals surface area contributed by atoms with E-state index in [2.05, 4.69) is 5.32 Å². The van der Waals surface area contributed by atoms with Crippen molar-refractivity contribution >= 4 is 12.0 Å². The van der Waals surface area contributed by atoms with Gasteiger partial charge in [-0.25, -0.2) is 4.79 Å². The lowest BCUT2D eigenvalue weighted by atomic mass is 9.87. The molecule has 6 heteroatoms. The van der Waals surface area contributed by atoms with Crippen molar-refractivity contribution in [1.29, 1.82) is 0 Å². The van der Waals surface area contributed by atoms with E-state index in [0.29, 0.717) is 38.1 Å². The van der Waals surface area contributed by atoms with Crippen LogP contribution in [0.3, 0.4) is 0 Å². The van der Waals surface area contributed by atoms with Gasteiger partial charge < -0.3 is 20.1 Å². The Morgan fingerprint density at radius 1 is 1.33 bits per heavy atom. The molecule has 1 saturated heterocycles. The Morgan fingerprint density at radius 3 is 2.52 bits per heavy atom. The second-order valence-corrected chi connectivity index (χ2v) is 6.60. The predicted octanol–water partition coefficient (Wildman–Crippen LogP) is 1.70. The van der Waals surface area contributed by atoms with E-state index < -0.39 is 11.4 Å². The molecule has 0 spiro atoms. The zero-order chi connectivity index (χ0) is 15.5. The summed E-state index contributed by atoms with van der Waals surface area (Å²) in [6.45, 7) is 3.19. The third-order valence-corrected chi connectivity index (χ3v) is 4.95. The topological polar surface area (TPSA) is 78.9 Å². The molecule has 2 rings (SSSR count). The van der Waals surface area contributed by atoms with Crippen molar-refractivity contribution in [1.82, 2.24) is 10.2 Å². The normalized spacial score (nSPS) is 33.0. The smallest absolute Gasteiger partial charge is 0.317 e. The molecule has 6 nitrogen and oxygen atoms in total. The van der Waals surface area contributed by atoms with Gasteiger partial charge in [-0.05, 0) is 44.9 Å². The van der Waals surface area contributed by atoms with Crippen molar-refractivity contribution in [2.75, 3.05) is 26.7 Å². The molecule has 1 aliphatic heterocycles. The minimum Gasteiger partial charge on any atom is -0.481 e. The Balaban J connectivity index is 1.72. The highest BCUT2D eigenvalue weighted by atomic mass is 16.5. The number of carboxylic acids is 1. The van der Waals surface area contributed by atoms with Crippen LogP contribution >= 0.6 is 0 Å². The fraction of sp³-hybridized carbons (Fsp3) is 0.867. The highest BCUT2D eigenvalue weighted by Crippen LogP contribution is 2.30. The molecule has 21 heavy (non-hydrogen) atoms. The van der Waals surface area contributed by atoms with Gasteiger partial charge in [0.05, 0.1) is 11.5 Å². The minimum atomic E-state index is -0.823. The summed E-state index contributed by atoms with van der Waals surface area (Å²) in [5.74, 6) is -0.315. The van der Waals surface area contributed by atoms with Crippen LogP contribution in [0.1, 0.15) is 39.0 Å². The number of carbonyl (C=O) groups is 2. The summed E-state index contributed by atoms with van der Waals surface area (Å²) in [6.07, 6.45) is 5.15. The molecule has 2 N–H and O–H groups in total. The Bertz CT molecular complexity index is 393. The number of likely N-dealkylation sites (tertiary alicyclic amines) is 1. The fourth-order valence-corrected chi connectivity index (χ4v) is 3.22. The van der Waals surface area contributed by atoms with Crippen molar-refractivity contribution in [2.45, 2.75) is 45.1 Å². The lowest BCUT2D eigenvalue weighted by molar-refractivity contribution is -0.146. The van der Waals surface area contributed by atoms with Crippen LogP contribution in [-0.2, 0) is 9.53 Å². The zero-order valence-corrected chi connectivity index (χ0v) is 12.9. The molecule has 2 aliphatic rings. The van der Waals surface area contributed by atoms with Crippen LogP contribution in [-0.4, -0.2) is 54.9 Å². The van der Waals surface area contributed by atoms with E-state index in [9.17, 15) is 14.7 Å². The number of carboxylic acid groups (broad SMARTS) is 1. The van der Waals surface area contributed by atoms with E-state index in [1.807, 2.05) is 0 Å². The van der Waals surface area contributed by atoms with Crippen LogP contribution in [0.2, 0.25) is 0 Å². The maximum atomic E-state index is 12.1. The molecule has 0 bridgehead atoms. The lowest BCUT2D eigenvalue weighted by Gasteiger charge is -2.28. The molecule has 2 amide bonds. The van der Waals surface area contributed by atoms with E-state index in [4.69, 9.17) is 4.74 Å². The van der Waals surface area contributed by atoms with Crippen molar-refractivity contribution in [3.8, 4) is 0 Å². The molecule has 0 aromatic rings. The van der Waals surface area contributed by atoms with Crippen molar-refractivity contribution in [3.63, 3.8) is 0 Å². The third-order valence-electron chi connectivity index (χ3n) is 4.95. The van der Waals surface area contributed by atoms with E-state index in [1.165, 1.54) is 0 Å². The monoisotopic (exact) mass is 298 g/mol. The summed E-state index contributed by atoms with van der Waals surface area (Å²) < 4.78 is 5.34. The average molecular weight is 298 g/mol. The molecular formula is C15H26N2O4. The van der Waals surface area contributed by atoms with Crippen LogP contribution in [0.15, 0.2) is 0 Å². The standard InChI is InChI=1S/C15H26N2O4/c1-15(13(18)19)7-8-17(10-15)14(20)16-9-11-3-5-12(21-2)6-4-11/h11-12H,3-10H2,1-2H3,(H,16,20)(H,18,19). The van der Waals surface area contributed by atoms with Crippen LogP contribution in [0, 0.1) is 11.3 Å². The van der Waals surface area contributed by atoms with Crippen LogP contribution in [0.4, 0.5) is 4.79 Å². The number of urea groups is 1. The van der Waals surface area contributed by atoms with Gasteiger partial charge in [0.1, 0.15) is 0 Å². The lowest BCUT2D eigenvalue weighted by Crippen LogP contribution is -2.43. The van der Waals surface area contributed by atoms with Gasteiger partial charge >= 0.3 is 12.0 Å². The van der Waals surface area contributed by atoms with Crippen molar-refractivity contribution in [3.05, 3.63) is 0 Å². The van der Waals surface area contributed by atoms with Crippen LogP contribution < -0.4 is 5.32 Å². The molecular weight excluding hydrogens is 272 g/mol. The maximum absolute atomic E-state index is 12.1. The summed E-state index contributed by atoms with van der Waals surface area (Å²) in [5, 5.41) is 12.1. The van der Waals surface area contributed by atoms with Gasteiger partial charge in [-0.1, -0.05) is 0 Å². The van der Waals surface area contributed by atoms with Gasteiger partial charge in [-0.2, -0.15) is 0 Å². The quantitative estimate of drug-likeness (QED) is 0.828. The Hall–Kier alpha value is -1.30. The van der Waals surface area contributed by atoms with Gasteiger partial charge in [0.2, 0.25) is 0 Å². The van der Waals surface area contributed by atoms with Gasteiger partial charge in [-0.15, -0.1) is 0 Å². The number of methoxy groups -OCH3 is 1. The van der Waals surface area contributed by atoms with Gasteiger partial charge in [0.25, 0.3) is 0 Å². The van der Waals surface area contributed by atoms with E-state index >= 15 is 0 Å². The molecule has 0 aromatic heterocycles. The second-order valence-electron chi connectivity index (χ2n) is 6.60. The molecule has 1 unspecified atom stereocenters. The first-order valence-electron chi connectivity index (χ1n) is 7.73. The SMILES string of the molecule is COC1CCC(CNC(=O)N2CCC(C)(C(=O)O)C2)CC1. The fourth-order valence-electron chi connectivity index (χ4n) is 3.22. The number of aliphatic carboxylic acids is 1. The summed E-state index contributed by atoms with van der Waals surface area (Å²) >= 11 is 0. The molecule has 1 aliphatic carbocycles.